The Balaban J connectivity index is 1.42. The third-order valence-corrected chi connectivity index (χ3v) is 6.65. The number of likely N-dealkylation sites (N-methyl/N-ethyl adjacent to an activating group) is 1. The fraction of sp³-hybridized carbons (Fsp3) is 0.462. The van der Waals surface area contributed by atoms with E-state index in [-0.39, 0.29) is 29.4 Å². The van der Waals surface area contributed by atoms with E-state index in [1.54, 1.807) is 36.1 Å². The summed E-state index contributed by atoms with van der Waals surface area (Å²) < 4.78 is 46.2. The summed E-state index contributed by atoms with van der Waals surface area (Å²) >= 11 is 0. The van der Waals surface area contributed by atoms with Gasteiger partial charge in [0.05, 0.1) is 12.0 Å². The predicted octanol–water partition coefficient (Wildman–Crippen LogP) is 4.09. The summed E-state index contributed by atoms with van der Waals surface area (Å²) in [5, 5.41) is 0. The molecule has 0 unspecified atom stereocenters. The van der Waals surface area contributed by atoms with Gasteiger partial charge in [0.25, 0.3) is 0 Å². The standard InChI is InChI=1S/C26H30F3N3O3/c1-3-24(33)19-4-6-22(7-5-19)35-23-13-18(12-20(15-23)26(27,28)29)14-25(34)32-16-21(17-32)31-10-8-30(2)9-11-31/h4-7,12-13,15,21H,3,8-11,14,16-17H2,1-2H3. The number of ketones is 1. The molecule has 2 heterocycles. The zero-order chi connectivity index (χ0) is 25.2. The number of carbonyl (C=O) groups is 2. The molecule has 0 aromatic heterocycles. The number of amides is 1. The summed E-state index contributed by atoms with van der Waals surface area (Å²) in [6, 6.07) is 9.97. The molecule has 6 nitrogen and oxygen atoms in total. The van der Waals surface area contributed by atoms with Crippen LogP contribution in [-0.4, -0.2) is 78.7 Å². The second kappa shape index (κ2) is 10.4. The largest absolute Gasteiger partial charge is 0.457 e. The van der Waals surface area contributed by atoms with Gasteiger partial charge in [0, 0.05) is 57.3 Å². The molecule has 1 amide bonds. The van der Waals surface area contributed by atoms with Crippen molar-refractivity contribution in [1.29, 1.82) is 0 Å². The van der Waals surface area contributed by atoms with Crippen LogP contribution in [0, 0.1) is 0 Å². The van der Waals surface area contributed by atoms with Crippen LogP contribution < -0.4 is 4.74 Å². The molecule has 2 aliphatic rings. The number of hydrogen-bond acceptors (Lipinski definition) is 5. The molecule has 0 aliphatic carbocycles. The number of benzene rings is 2. The lowest BCUT2D eigenvalue weighted by atomic mass is 10.0. The molecular formula is C26H30F3N3O3. The van der Waals surface area contributed by atoms with E-state index in [2.05, 4.69) is 16.8 Å². The molecule has 0 N–H and O–H groups in total. The average molecular weight is 490 g/mol. The van der Waals surface area contributed by atoms with Gasteiger partial charge in [0.2, 0.25) is 5.91 Å². The van der Waals surface area contributed by atoms with Crippen molar-refractivity contribution in [3.05, 3.63) is 59.2 Å². The second-order valence-corrected chi connectivity index (χ2v) is 9.24. The van der Waals surface area contributed by atoms with E-state index < -0.39 is 11.7 Å². The molecule has 35 heavy (non-hydrogen) atoms. The van der Waals surface area contributed by atoms with E-state index in [1.165, 1.54) is 6.07 Å². The fourth-order valence-corrected chi connectivity index (χ4v) is 4.40. The highest BCUT2D eigenvalue weighted by Gasteiger charge is 2.36. The smallest absolute Gasteiger partial charge is 0.416 e. The SMILES string of the molecule is CCC(=O)c1ccc(Oc2cc(CC(=O)N3CC(N4CCN(C)CC4)C3)cc(C(F)(F)F)c2)cc1. The van der Waals surface area contributed by atoms with Gasteiger partial charge in [-0.05, 0) is 55.1 Å². The van der Waals surface area contributed by atoms with Crippen LogP contribution in [0.5, 0.6) is 11.5 Å². The summed E-state index contributed by atoms with van der Waals surface area (Å²) in [6.07, 6.45) is -4.34. The minimum atomic E-state index is -4.57. The van der Waals surface area contributed by atoms with Crippen LogP contribution in [0.4, 0.5) is 13.2 Å². The number of rotatable bonds is 7. The van der Waals surface area contributed by atoms with E-state index in [9.17, 15) is 22.8 Å². The number of halogens is 3. The Morgan fingerprint density at radius 2 is 1.63 bits per heavy atom. The van der Waals surface area contributed by atoms with Crippen molar-refractivity contribution in [1.82, 2.24) is 14.7 Å². The highest BCUT2D eigenvalue weighted by Crippen LogP contribution is 2.34. The Labute approximate surface area is 203 Å². The molecule has 188 valence electrons. The minimum Gasteiger partial charge on any atom is -0.457 e. The molecule has 4 rings (SSSR count). The molecule has 0 bridgehead atoms. The van der Waals surface area contributed by atoms with E-state index >= 15 is 0 Å². The van der Waals surface area contributed by atoms with Gasteiger partial charge in [-0.25, -0.2) is 0 Å². The maximum Gasteiger partial charge on any atom is 0.416 e. The third-order valence-electron chi connectivity index (χ3n) is 6.65. The van der Waals surface area contributed by atoms with Crippen molar-refractivity contribution in [2.45, 2.75) is 32.0 Å². The van der Waals surface area contributed by atoms with Crippen LogP contribution in [0.2, 0.25) is 0 Å². The highest BCUT2D eigenvalue weighted by atomic mass is 19.4. The van der Waals surface area contributed by atoms with Crippen molar-refractivity contribution < 1.29 is 27.5 Å². The van der Waals surface area contributed by atoms with Gasteiger partial charge in [-0.3, -0.25) is 14.5 Å². The van der Waals surface area contributed by atoms with Gasteiger partial charge in [0.15, 0.2) is 5.78 Å². The van der Waals surface area contributed by atoms with Crippen LogP contribution >= 0.6 is 0 Å². The molecule has 0 saturated carbocycles. The van der Waals surface area contributed by atoms with Gasteiger partial charge in [-0.2, -0.15) is 13.2 Å². The quantitative estimate of drug-likeness (QED) is 0.549. The molecule has 2 fully saturated rings. The van der Waals surface area contributed by atoms with Crippen molar-refractivity contribution in [2.24, 2.45) is 0 Å². The van der Waals surface area contributed by atoms with Crippen molar-refractivity contribution in [2.75, 3.05) is 46.3 Å². The lowest BCUT2D eigenvalue weighted by Gasteiger charge is -2.47. The molecular weight excluding hydrogens is 459 g/mol. The monoisotopic (exact) mass is 489 g/mol. The summed E-state index contributed by atoms with van der Waals surface area (Å²) in [7, 11) is 2.09. The maximum atomic E-state index is 13.5. The topological polar surface area (TPSA) is 53.1 Å². The van der Waals surface area contributed by atoms with Gasteiger partial charge in [-0.15, -0.1) is 0 Å². The fourth-order valence-electron chi connectivity index (χ4n) is 4.40. The number of likely N-dealkylation sites (tertiary alicyclic amines) is 1. The molecule has 2 aromatic carbocycles. The number of carbonyl (C=O) groups excluding carboxylic acids is 2. The average Bonchev–Trinajstić information content (AvgIpc) is 2.78. The van der Waals surface area contributed by atoms with Crippen LogP contribution in [0.15, 0.2) is 42.5 Å². The Morgan fingerprint density at radius 3 is 2.23 bits per heavy atom. The highest BCUT2D eigenvalue weighted by molar-refractivity contribution is 5.95. The maximum absolute atomic E-state index is 13.5. The van der Waals surface area contributed by atoms with Crippen LogP contribution in [0.25, 0.3) is 0 Å². The number of nitrogens with zero attached hydrogens (tertiary/aromatic N) is 3. The van der Waals surface area contributed by atoms with Crippen LogP contribution in [0.3, 0.4) is 0 Å². The Bertz CT molecular complexity index is 1060. The van der Waals surface area contributed by atoms with Crippen LogP contribution in [0.1, 0.15) is 34.8 Å². The third kappa shape index (κ3) is 6.21. The molecule has 0 radical (unpaired) electrons. The second-order valence-electron chi connectivity index (χ2n) is 9.24. The van der Waals surface area contributed by atoms with E-state index in [0.29, 0.717) is 36.9 Å². The lowest BCUT2D eigenvalue weighted by Crippen LogP contribution is -2.64. The van der Waals surface area contributed by atoms with Gasteiger partial charge >= 0.3 is 6.18 Å². The predicted molar refractivity (Wildman–Crippen MR) is 126 cm³/mol. The minimum absolute atomic E-state index is 0.00360. The molecule has 2 aliphatic heterocycles. The van der Waals surface area contributed by atoms with E-state index in [1.807, 2.05) is 0 Å². The lowest BCUT2D eigenvalue weighted by molar-refractivity contribution is -0.139. The molecule has 0 atom stereocenters. The molecule has 0 spiro atoms. The summed E-state index contributed by atoms with van der Waals surface area (Å²) in [5.74, 6) is 0.0866. The van der Waals surface area contributed by atoms with E-state index in [0.717, 1.165) is 38.3 Å². The first-order valence-electron chi connectivity index (χ1n) is 11.8. The van der Waals surface area contributed by atoms with Gasteiger partial charge in [0.1, 0.15) is 11.5 Å². The number of ether oxygens (including phenoxy) is 1. The number of Topliss-reactive ketones (excluding diaryl/α,β-unsaturated/α-hetero) is 1. The van der Waals surface area contributed by atoms with Crippen molar-refractivity contribution >= 4 is 11.7 Å². The Hall–Kier alpha value is -2.91. The van der Waals surface area contributed by atoms with Crippen molar-refractivity contribution in [3.63, 3.8) is 0 Å². The number of alkyl halides is 3. The Kier molecular flexibility index (Phi) is 7.47. The summed E-state index contributed by atoms with van der Waals surface area (Å²) in [6.45, 7) is 6.88. The van der Waals surface area contributed by atoms with E-state index in [4.69, 9.17) is 4.74 Å². The molecule has 2 saturated heterocycles. The summed E-state index contributed by atoms with van der Waals surface area (Å²) in [4.78, 5) is 30.9. The normalized spacial score (nSPS) is 17.8. The first-order valence-corrected chi connectivity index (χ1v) is 11.8. The van der Waals surface area contributed by atoms with Gasteiger partial charge < -0.3 is 14.5 Å². The van der Waals surface area contributed by atoms with Crippen molar-refractivity contribution in [3.8, 4) is 11.5 Å². The first-order chi connectivity index (χ1) is 16.6. The zero-order valence-corrected chi connectivity index (χ0v) is 20.0. The number of piperazine rings is 1. The molecule has 9 heteroatoms. The number of hydrogen-bond donors (Lipinski definition) is 0. The zero-order valence-electron chi connectivity index (χ0n) is 20.0. The summed E-state index contributed by atoms with van der Waals surface area (Å²) in [5.41, 5.74) is -0.102. The first kappa shape index (κ1) is 25.2. The molecule has 2 aromatic rings. The Morgan fingerprint density at radius 1 is 0.971 bits per heavy atom. The van der Waals surface area contributed by atoms with Gasteiger partial charge in [-0.1, -0.05) is 6.92 Å². The van der Waals surface area contributed by atoms with Crippen LogP contribution in [-0.2, 0) is 17.4 Å².